The monoisotopic (exact) mass is 491 g/mol. The van der Waals surface area contributed by atoms with E-state index in [1.54, 1.807) is 6.07 Å². The molecule has 2 fully saturated rings. The molecule has 0 heterocycles. The fourth-order valence-electron chi connectivity index (χ4n) is 6.43. The van der Waals surface area contributed by atoms with Gasteiger partial charge in [-0.1, -0.05) is 75.0 Å². The molecule has 186 valence electrons. The summed E-state index contributed by atoms with van der Waals surface area (Å²) in [5, 5.41) is 0.464. The van der Waals surface area contributed by atoms with Crippen molar-refractivity contribution in [1.82, 2.24) is 0 Å². The third kappa shape index (κ3) is 5.31. The molecule has 0 spiro atoms. The minimum Gasteiger partial charge on any atom is -0.300 e. The van der Waals surface area contributed by atoms with E-state index in [1.807, 2.05) is 19.1 Å². The van der Waals surface area contributed by atoms with Crippen LogP contribution in [0.15, 0.2) is 41.4 Å². The second-order valence-electron chi connectivity index (χ2n) is 10.9. The molecule has 0 aliphatic heterocycles. The smallest absolute Gasteiger partial charge is 0.278 e. The Morgan fingerprint density at radius 3 is 2.29 bits per heavy atom. The highest BCUT2D eigenvalue weighted by Gasteiger charge is 2.41. The summed E-state index contributed by atoms with van der Waals surface area (Å²) < 4.78 is 0. The Hall–Kier alpha value is -2.26. The lowest BCUT2D eigenvalue weighted by Crippen LogP contribution is -2.42. The maximum atomic E-state index is 13.5. The number of aryl methyl sites for hydroxylation is 2. The Labute approximate surface area is 215 Å². The third-order valence-electron chi connectivity index (χ3n) is 8.18. The number of carbonyl (C=O) groups excluding carboxylic acids is 2. The molecule has 4 heteroatoms. The SMILES string of the molecule is Cc1cc(C2CCC(=O)CC2)ccc1C1(C(=NC(=O)c2c(C)cccc2Cl)C(C)C)CCCCC1. The zero-order valence-electron chi connectivity index (χ0n) is 21.6. The number of amides is 1. The topological polar surface area (TPSA) is 46.5 Å². The molecule has 0 unspecified atom stereocenters. The lowest BCUT2D eigenvalue weighted by molar-refractivity contribution is -0.120. The van der Waals surface area contributed by atoms with Gasteiger partial charge in [0.1, 0.15) is 5.78 Å². The molecule has 0 atom stereocenters. The summed E-state index contributed by atoms with van der Waals surface area (Å²) in [6.07, 6.45) is 8.81. The van der Waals surface area contributed by atoms with Crippen LogP contribution >= 0.6 is 11.6 Å². The van der Waals surface area contributed by atoms with Gasteiger partial charge < -0.3 is 0 Å². The number of hydrogen-bond acceptors (Lipinski definition) is 2. The first kappa shape index (κ1) is 25.8. The van der Waals surface area contributed by atoms with Crippen LogP contribution in [0.5, 0.6) is 0 Å². The molecule has 4 rings (SSSR count). The van der Waals surface area contributed by atoms with Gasteiger partial charge in [-0.25, -0.2) is 4.99 Å². The van der Waals surface area contributed by atoms with Crippen LogP contribution in [0, 0.1) is 19.8 Å². The average Bonchev–Trinajstić information content (AvgIpc) is 2.83. The lowest BCUT2D eigenvalue weighted by atomic mass is 9.62. The van der Waals surface area contributed by atoms with E-state index in [1.165, 1.54) is 23.1 Å². The standard InChI is InChI=1S/C31H38ClNO2/c1-20(2)29(33-30(35)28-21(3)9-8-10-27(28)32)31(17-6-5-7-18-31)26-16-13-24(19-22(26)4)23-11-14-25(34)15-12-23/h8-10,13,16,19-20,23H,5-7,11-12,14-15,17-18H2,1-4H3. The van der Waals surface area contributed by atoms with E-state index < -0.39 is 0 Å². The lowest BCUT2D eigenvalue weighted by Gasteiger charge is -2.42. The molecule has 0 N–H and O–H groups in total. The van der Waals surface area contributed by atoms with Gasteiger partial charge in [-0.2, -0.15) is 0 Å². The molecule has 0 saturated heterocycles. The fraction of sp³-hybridized carbons (Fsp3) is 0.516. The van der Waals surface area contributed by atoms with Gasteiger partial charge in [0.15, 0.2) is 0 Å². The summed E-state index contributed by atoms with van der Waals surface area (Å²) in [6, 6.07) is 12.5. The maximum Gasteiger partial charge on any atom is 0.278 e. The number of hydrogen-bond donors (Lipinski definition) is 0. The van der Waals surface area contributed by atoms with Crippen molar-refractivity contribution >= 4 is 29.0 Å². The predicted octanol–water partition coefficient (Wildman–Crippen LogP) is 8.32. The van der Waals surface area contributed by atoms with E-state index in [0.717, 1.165) is 49.8 Å². The normalized spacial score (nSPS) is 19.3. The molecule has 1 amide bonds. The second-order valence-corrected chi connectivity index (χ2v) is 11.3. The van der Waals surface area contributed by atoms with Crippen LogP contribution in [0.4, 0.5) is 0 Å². The van der Waals surface area contributed by atoms with Gasteiger partial charge in [-0.3, -0.25) is 9.59 Å². The molecule has 2 aliphatic carbocycles. The second kappa shape index (κ2) is 10.8. The van der Waals surface area contributed by atoms with Crippen molar-refractivity contribution < 1.29 is 9.59 Å². The molecule has 2 aromatic carbocycles. The van der Waals surface area contributed by atoms with Crippen LogP contribution in [0.25, 0.3) is 0 Å². The average molecular weight is 492 g/mol. The molecule has 35 heavy (non-hydrogen) atoms. The molecule has 2 saturated carbocycles. The van der Waals surface area contributed by atoms with E-state index in [9.17, 15) is 9.59 Å². The Morgan fingerprint density at radius 2 is 1.69 bits per heavy atom. The third-order valence-corrected chi connectivity index (χ3v) is 8.50. The minimum absolute atomic E-state index is 0.142. The van der Waals surface area contributed by atoms with Gasteiger partial charge in [0.25, 0.3) is 5.91 Å². The summed E-state index contributed by atoms with van der Waals surface area (Å²) in [7, 11) is 0. The van der Waals surface area contributed by atoms with Gasteiger partial charge in [0.05, 0.1) is 10.6 Å². The highest BCUT2D eigenvalue weighted by Crippen LogP contribution is 2.45. The summed E-state index contributed by atoms with van der Waals surface area (Å²) in [6.45, 7) is 8.44. The van der Waals surface area contributed by atoms with Crippen LogP contribution in [0.2, 0.25) is 5.02 Å². The van der Waals surface area contributed by atoms with Crippen LogP contribution < -0.4 is 0 Å². The van der Waals surface area contributed by atoms with Crippen molar-refractivity contribution in [2.45, 2.75) is 96.8 Å². The molecule has 0 radical (unpaired) electrons. The van der Waals surface area contributed by atoms with E-state index in [-0.39, 0.29) is 17.2 Å². The van der Waals surface area contributed by atoms with Crippen LogP contribution in [0.1, 0.15) is 110 Å². The summed E-state index contributed by atoms with van der Waals surface area (Å²) >= 11 is 6.44. The summed E-state index contributed by atoms with van der Waals surface area (Å²) in [5.41, 5.74) is 6.05. The van der Waals surface area contributed by atoms with Crippen LogP contribution in [-0.2, 0) is 10.2 Å². The van der Waals surface area contributed by atoms with E-state index in [4.69, 9.17) is 16.6 Å². The zero-order valence-corrected chi connectivity index (χ0v) is 22.4. The number of halogens is 1. The number of ketones is 1. The zero-order chi connectivity index (χ0) is 25.2. The molecule has 0 bridgehead atoms. The fourth-order valence-corrected chi connectivity index (χ4v) is 6.73. The quantitative estimate of drug-likeness (QED) is 0.394. The Morgan fingerprint density at radius 1 is 1.00 bits per heavy atom. The molecule has 0 aromatic heterocycles. The van der Waals surface area contributed by atoms with Crippen molar-refractivity contribution in [1.29, 1.82) is 0 Å². The highest BCUT2D eigenvalue weighted by molar-refractivity contribution is 6.34. The first-order chi connectivity index (χ1) is 16.7. The van der Waals surface area contributed by atoms with E-state index in [2.05, 4.69) is 39.0 Å². The number of benzene rings is 2. The van der Waals surface area contributed by atoms with Crippen molar-refractivity contribution in [3.8, 4) is 0 Å². The van der Waals surface area contributed by atoms with Gasteiger partial charge in [-0.05, 0) is 79.7 Å². The predicted molar refractivity (Wildman–Crippen MR) is 145 cm³/mol. The number of rotatable bonds is 5. The van der Waals surface area contributed by atoms with Crippen molar-refractivity contribution in [3.63, 3.8) is 0 Å². The number of nitrogens with zero attached hydrogens (tertiary/aromatic N) is 1. The highest BCUT2D eigenvalue weighted by atomic mass is 35.5. The number of carbonyl (C=O) groups is 2. The molecule has 3 nitrogen and oxygen atoms in total. The van der Waals surface area contributed by atoms with Crippen LogP contribution in [-0.4, -0.2) is 17.4 Å². The molecule has 2 aliphatic rings. The largest absolute Gasteiger partial charge is 0.300 e. The number of Topliss-reactive ketones (excluding diaryl/α,β-unsaturated/α-hetero) is 1. The van der Waals surface area contributed by atoms with E-state index in [0.29, 0.717) is 35.1 Å². The van der Waals surface area contributed by atoms with Gasteiger partial charge in [0.2, 0.25) is 0 Å². The first-order valence-corrected chi connectivity index (χ1v) is 13.6. The summed E-state index contributed by atoms with van der Waals surface area (Å²) in [5.74, 6) is 0.768. The van der Waals surface area contributed by atoms with E-state index >= 15 is 0 Å². The molecule has 2 aromatic rings. The Balaban J connectivity index is 1.77. The summed E-state index contributed by atoms with van der Waals surface area (Å²) in [4.78, 5) is 30.1. The molecular formula is C31H38ClNO2. The maximum absolute atomic E-state index is 13.5. The Bertz CT molecular complexity index is 1110. The number of aliphatic imine (C=N–C) groups is 1. The van der Waals surface area contributed by atoms with Gasteiger partial charge in [-0.15, -0.1) is 0 Å². The van der Waals surface area contributed by atoms with Gasteiger partial charge in [0, 0.05) is 24.0 Å². The Kier molecular flexibility index (Phi) is 7.96. The molecular weight excluding hydrogens is 454 g/mol. The first-order valence-electron chi connectivity index (χ1n) is 13.2. The van der Waals surface area contributed by atoms with Crippen LogP contribution in [0.3, 0.4) is 0 Å². The van der Waals surface area contributed by atoms with Crippen molar-refractivity contribution in [2.75, 3.05) is 0 Å². The minimum atomic E-state index is -0.234. The van der Waals surface area contributed by atoms with Crippen molar-refractivity contribution in [2.24, 2.45) is 10.9 Å². The van der Waals surface area contributed by atoms with Gasteiger partial charge >= 0.3 is 0 Å². The van der Waals surface area contributed by atoms with Crippen molar-refractivity contribution in [3.05, 3.63) is 69.2 Å².